The fourth-order valence-electron chi connectivity index (χ4n) is 3.46. The molecule has 1 fully saturated rings. The monoisotopic (exact) mass is 332 g/mol. The summed E-state index contributed by atoms with van der Waals surface area (Å²) in [6, 6.07) is 0. The van der Waals surface area contributed by atoms with E-state index in [1.165, 1.54) is 70.6 Å². The quantitative estimate of drug-likeness (QED) is 0.307. The lowest BCUT2D eigenvalue weighted by Crippen LogP contribution is -2.38. The van der Waals surface area contributed by atoms with Crippen LogP contribution in [0.25, 0.3) is 0 Å². The summed E-state index contributed by atoms with van der Waals surface area (Å²) in [6.07, 6.45) is 15.4. The third-order valence-corrected chi connectivity index (χ3v) is 5.37. The third-order valence-electron chi connectivity index (χ3n) is 4.92. The Morgan fingerprint density at radius 1 is 0.955 bits per heavy atom. The van der Waals surface area contributed by atoms with Gasteiger partial charge in [-0.25, -0.2) is 0 Å². The van der Waals surface area contributed by atoms with Gasteiger partial charge in [-0.3, -0.25) is 9.80 Å². The van der Waals surface area contributed by atoms with Crippen LogP contribution in [0.4, 0.5) is 0 Å². The number of rotatable bonds is 13. The van der Waals surface area contributed by atoms with Crippen molar-refractivity contribution in [3.63, 3.8) is 0 Å². The Balaban J connectivity index is 2.01. The molecule has 1 heterocycles. The van der Waals surface area contributed by atoms with Gasteiger partial charge in [-0.2, -0.15) is 0 Å². The van der Waals surface area contributed by atoms with E-state index in [-0.39, 0.29) is 12.1 Å². The summed E-state index contributed by atoms with van der Waals surface area (Å²) in [5.41, 5.74) is 0.0969. The van der Waals surface area contributed by atoms with Crippen LogP contribution < -0.4 is 0 Å². The van der Waals surface area contributed by atoms with Gasteiger partial charge in [0, 0.05) is 13.1 Å². The second-order valence-corrected chi connectivity index (χ2v) is 7.27. The Morgan fingerprint density at radius 3 is 2.05 bits per heavy atom. The summed E-state index contributed by atoms with van der Waals surface area (Å²) in [4.78, 5) is 4.58. The molecule has 2 atom stereocenters. The highest BCUT2D eigenvalue weighted by Crippen LogP contribution is 2.25. The molecule has 0 saturated carbocycles. The molecule has 1 saturated heterocycles. The predicted octanol–water partition coefficient (Wildman–Crippen LogP) is 4.43. The smallest absolute Gasteiger partial charge is 0.0989 e. The molecule has 0 aromatic carbocycles. The molecule has 0 aromatic heterocycles. The van der Waals surface area contributed by atoms with Gasteiger partial charge in [-0.15, -0.1) is 11.6 Å². The number of β-amino-alcohol motifs (C(OH)–C–C–N with tert-alkyl or cyclic N) is 1. The van der Waals surface area contributed by atoms with Gasteiger partial charge in [0.25, 0.3) is 0 Å². The van der Waals surface area contributed by atoms with Gasteiger partial charge in [0.15, 0.2) is 0 Å². The number of hydrogen-bond acceptors (Lipinski definition) is 3. The second kappa shape index (κ2) is 12.6. The van der Waals surface area contributed by atoms with E-state index in [0.29, 0.717) is 6.17 Å². The molecular weight excluding hydrogens is 296 g/mol. The topological polar surface area (TPSA) is 26.7 Å². The highest BCUT2D eigenvalue weighted by Gasteiger charge is 2.34. The summed E-state index contributed by atoms with van der Waals surface area (Å²) in [5.74, 6) is 0. The molecule has 3 nitrogen and oxygen atoms in total. The van der Waals surface area contributed by atoms with Crippen LogP contribution in [0.1, 0.15) is 77.6 Å². The molecule has 0 aliphatic carbocycles. The molecule has 0 aromatic rings. The van der Waals surface area contributed by atoms with Crippen molar-refractivity contribution in [2.75, 3.05) is 26.7 Å². The summed E-state index contributed by atoms with van der Waals surface area (Å²) in [6.45, 7) is 4.12. The first kappa shape index (κ1) is 20.2. The third kappa shape index (κ3) is 7.63. The zero-order valence-corrected chi connectivity index (χ0v) is 15.5. The molecular formula is C18H37ClN2O. The predicted molar refractivity (Wildman–Crippen MR) is 96.3 cm³/mol. The number of unbranched alkanes of at least 4 members (excludes halogenated alkanes) is 9. The Morgan fingerprint density at radius 2 is 1.50 bits per heavy atom. The Kier molecular flexibility index (Phi) is 11.6. The van der Waals surface area contributed by atoms with Crippen molar-refractivity contribution in [1.29, 1.82) is 0 Å². The molecule has 4 heteroatoms. The number of aliphatic hydroxyl groups is 1. The molecule has 1 rings (SSSR count). The van der Waals surface area contributed by atoms with E-state index in [1.807, 2.05) is 0 Å². The normalized spacial score (nSPS) is 23.5. The van der Waals surface area contributed by atoms with Crippen molar-refractivity contribution in [2.45, 2.75) is 89.2 Å². The van der Waals surface area contributed by atoms with Gasteiger partial charge in [0.2, 0.25) is 0 Å². The first-order chi connectivity index (χ1) is 10.7. The number of nitrogens with zero attached hydrogens (tertiary/aromatic N) is 2. The van der Waals surface area contributed by atoms with Crippen LogP contribution in [-0.4, -0.2) is 53.3 Å². The highest BCUT2D eigenvalue weighted by atomic mass is 35.5. The molecule has 1 aliphatic rings. The van der Waals surface area contributed by atoms with Gasteiger partial charge in [-0.05, 0) is 13.5 Å². The van der Waals surface area contributed by atoms with Crippen LogP contribution in [0, 0.1) is 0 Å². The standard InChI is InChI=1S/C18H37ClN2O/c1-3-4-5-6-7-8-9-10-11-12-13-18-20(2)17(19)16-21(18)14-15-22/h17-18,22H,3-16H2,1-2H3. The van der Waals surface area contributed by atoms with E-state index in [9.17, 15) is 0 Å². The minimum absolute atomic E-state index is 0.0969. The summed E-state index contributed by atoms with van der Waals surface area (Å²) in [7, 11) is 2.11. The average Bonchev–Trinajstić information content (AvgIpc) is 2.77. The number of hydrogen-bond donors (Lipinski definition) is 1. The number of aliphatic hydroxyl groups excluding tert-OH is 1. The summed E-state index contributed by atoms with van der Waals surface area (Å²) in [5, 5.41) is 9.16. The van der Waals surface area contributed by atoms with Gasteiger partial charge in [-0.1, -0.05) is 71.1 Å². The van der Waals surface area contributed by atoms with Crippen LogP contribution in [0.3, 0.4) is 0 Å². The maximum atomic E-state index is 9.16. The van der Waals surface area contributed by atoms with Gasteiger partial charge in [0.1, 0.15) is 0 Å². The molecule has 2 unspecified atom stereocenters. The number of alkyl halides is 1. The van der Waals surface area contributed by atoms with Gasteiger partial charge in [0.05, 0.1) is 18.3 Å². The maximum absolute atomic E-state index is 9.16. The first-order valence-corrected chi connectivity index (χ1v) is 9.85. The fourth-order valence-corrected chi connectivity index (χ4v) is 3.76. The number of halogens is 1. The van der Waals surface area contributed by atoms with Crippen LogP contribution in [0.5, 0.6) is 0 Å². The van der Waals surface area contributed by atoms with Crippen LogP contribution in [0.2, 0.25) is 0 Å². The molecule has 0 spiro atoms. The van der Waals surface area contributed by atoms with Crippen molar-refractivity contribution >= 4 is 11.6 Å². The minimum Gasteiger partial charge on any atom is -0.395 e. The van der Waals surface area contributed by atoms with Crippen LogP contribution >= 0.6 is 11.6 Å². The van der Waals surface area contributed by atoms with E-state index in [1.54, 1.807) is 0 Å². The fraction of sp³-hybridized carbons (Fsp3) is 1.00. The van der Waals surface area contributed by atoms with E-state index < -0.39 is 0 Å². The van der Waals surface area contributed by atoms with Crippen molar-refractivity contribution in [1.82, 2.24) is 9.80 Å². The summed E-state index contributed by atoms with van der Waals surface area (Å²) >= 11 is 6.32. The lowest BCUT2D eigenvalue weighted by atomic mass is 10.1. The van der Waals surface area contributed by atoms with Crippen LogP contribution in [0.15, 0.2) is 0 Å². The Hall–Kier alpha value is 0.170. The van der Waals surface area contributed by atoms with Gasteiger partial charge >= 0.3 is 0 Å². The van der Waals surface area contributed by atoms with Crippen molar-refractivity contribution in [2.24, 2.45) is 0 Å². The lowest BCUT2D eigenvalue weighted by Gasteiger charge is -2.27. The largest absolute Gasteiger partial charge is 0.395 e. The van der Waals surface area contributed by atoms with Gasteiger partial charge < -0.3 is 5.11 Å². The van der Waals surface area contributed by atoms with E-state index in [4.69, 9.17) is 16.7 Å². The van der Waals surface area contributed by atoms with E-state index in [2.05, 4.69) is 23.8 Å². The Labute approximate surface area is 143 Å². The Bertz CT molecular complexity index is 265. The van der Waals surface area contributed by atoms with Crippen molar-refractivity contribution in [3.8, 4) is 0 Å². The SMILES string of the molecule is CCCCCCCCCCCCC1N(CCO)CC(Cl)N1C. The summed E-state index contributed by atoms with van der Waals surface area (Å²) < 4.78 is 0. The molecule has 132 valence electrons. The van der Waals surface area contributed by atoms with Crippen molar-refractivity contribution in [3.05, 3.63) is 0 Å². The van der Waals surface area contributed by atoms with Crippen LogP contribution in [-0.2, 0) is 0 Å². The second-order valence-electron chi connectivity index (χ2n) is 6.77. The molecule has 1 N–H and O–H groups in total. The minimum atomic E-state index is 0.0969. The lowest BCUT2D eigenvalue weighted by molar-refractivity contribution is 0.118. The number of likely N-dealkylation sites (N-methyl/N-ethyl adjacent to an activating group) is 1. The zero-order chi connectivity index (χ0) is 16.2. The maximum Gasteiger partial charge on any atom is 0.0989 e. The molecule has 1 aliphatic heterocycles. The highest BCUT2D eigenvalue weighted by molar-refractivity contribution is 6.20. The molecule has 0 amide bonds. The average molecular weight is 333 g/mol. The first-order valence-electron chi connectivity index (χ1n) is 9.41. The molecule has 0 bridgehead atoms. The van der Waals surface area contributed by atoms with Crippen molar-refractivity contribution < 1.29 is 5.11 Å². The molecule has 22 heavy (non-hydrogen) atoms. The van der Waals surface area contributed by atoms with E-state index >= 15 is 0 Å². The van der Waals surface area contributed by atoms with E-state index in [0.717, 1.165) is 13.1 Å². The zero-order valence-electron chi connectivity index (χ0n) is 14.8. The molecule has 0 radical (unpaired) electrons.